The van der Waals surface area contributed by atoms with Crippen LogP contribution in [-0.2, 0) is 33.4 Å². The SMILES string of the molecule is CCc1cccc(CN(CCCN)C(=O)C(CS(=O)CCCC(F)(F)F)NC=O)c1. The number of nitrogens with two attached hydrogens (primary N) is 1. The van der Waals surface area contributed by atoms with Gasteiger partial charge in [0.2, 0.25) is 12.3 Å². The van der Waals surface area contributed by atoms with Gasteiger partial charge in [-0.15, -0.1) is 0 Å². The van der Waals surface area contributed by atoms with Crippen LogP contribution in [0.3, 0.4) is 0 Å². The zero-order valence-corrected chi connectivity index (χ0v) is 17.9. The fourth-order valence-electron chi connectivity index (χ4n) is 2.91. The molecular formula is C20H30F3N3O3S. The zero-order valence-electron chi connectivity index (χ0n) is 17.1. The van der Waals surface area contributed by atoms with Crippen molar-refractivity contribution in [2.24, 2.45) is 5.73 Å². The van der Waals surface area contributed by atoms with Crippen molar-refractivity contribution in [1.82, 2.24) is 10.2 Å². The lowest BCUT2D eigenvalue weighted by Crippen LogP contribution is -2.49. The fourth-order valence-corrected chi connectivity index (χ4v) is 4.16. The summed E-state index contributed by atoms with van der Waals surface area (Å²) < 4.78 is 49.0. The van der Waals surface area contributed by atoms with Gasteiger partial charge in [0.25, 0.3) is 0 Å². The maximum Gasteiger partial charge on any atom is 0.389 e. The second-order valence-corrected chi connectivity index (χ2v) is 8.56. The van der Waals surface area contributed by atoms with Gasteiger partial charge < -0.3 is 16.0 Å². The maximum absolute atomic E-state index is 13.0. The molecule has 1 rings (SSSR count). The average Bonchev–Trinajstić information content (AvgIpc) is 2.69. The highest BCUT2D eigenvalue weighted by atomic mass is 32.2. The smallest absolute Gasteiger partial charge is 0.346 e. The summed E-state index contributed by atoms with van der Waals surface area (Å²) in [6, 6.07) is 6.69. The molecule has 2 amide bonds. The molecule has 0 aromatic heterocycles. The van der Waals surface area contributed by atoms with Crippen molar-refractivity contribution in [2.75, 3.05) is 24.6 Å². The molecule has 0 saturated carbocycles. The first-order chi connectivity index (χ1) is 14.2. The number of hydrogen-bond donors (Lipinski definition) is 2. The quantitative estimate of drug-likeness (QED) is 0.426. The Morgan fingerprint density at radius 2 is 2.00 bits per heavy atom. The lowest BCUT2D eigenvalue weighted by molar-refractivity contribution is -0.135. The molecule has 0 bridgehead atoms. The summed E-state index contributed by atoms with van der Waals surface area (Å²) >= 11 is 0. The van der Waals surface area contributed by atoms with Gasteiger partial charge in [-0.1, -0.05) is 31.2 Å². The Morgan fingerprint density at radius 3 is 2.60 bits per heavy atom. The van der Waals surface area contributed by atoms with Crippen LogP contribution in [0.15, 0.2) is 24.3 Å². The number of nitrogens with one attached hydrogen (secondary N) is 1. The summed E-state index contributed by atoms with van der Waals surface area (Å²) in [6.45, 7) is 3.04. The summed E-state index contributed by atoms with van der Waals surface area (Å²) in [7, 11) is -1.67. The van der Waals surface area contributed by atoms with E-state index in [9.17, 15) is 27.0 Å². The lowest BCUT2D eigenvalue weighted by atomic mass is 10.1. The Morgan fingerprint density at radius 1 is 1.30 bits per heavy atom. The van der Waals surface area contributed by atoms with E-state index in [1.807, 2.05) is 31.2 Å². The van der Waals surface area contributed by atoms with E-state index < -0.39 is 35.3 Å². The van der Waals surface area contributed by atoms with Gasteiger partial charge in [-0.2, -0.15) is 13.2 Å². The third kappa shape index (κ3) is 10.2. The van der Waals surface area contributed by atoms with Crippen molar-refractivity contribution >= 4 is 23.1 Å². The summed E-state index contributed by atoms with van der Waals surface area (Å²) in [4.78, 5) is 25.5. The molecule has 1 aromatic rings. The molecule has 6 nitrogen and oxygen atoms in total. The van der Waals surface area contributed by atoms with Crippen molar-refractivity contribution in [3.63, 3.8) is 0 Å². The number of rotatable bonds is 14. The molecule has 0 aliphatic rings. The molecule has 3 N–H and O–H groups in total. The molecule has 10 heteroatoms. The van der Waals surface area contributed by atoms with Crippen LogP contribution in [0.25, 0.3) is 0 Å². The molecule has 2 unspecified atom stereocenters. The van der Waals surface area contributed by atoms with Gasteiger partial charge in [-0.25, -0.2) is 0 Å². The van der Waals surface area contributed by atoms with Gasteiger partial charge in [-0.3, -0.25) is 13.8 Å². The topological polar surface area (TPSA) is 92.5 Å². The Hall–Kier alpha value is -1.94. The van der Waals surface area contributed by atoms with Crippen LogP contribution in [-0.4, -0.2) is 58.2 Å². The second-order valence-electron chi connectivity index (χ2n) is 6.94. The molecule has 0 heterocycles. The normalized spacial score (nSPS) is 13.5. The first kappa shape index (κ1) is 26.1. The van der Waals surface area contributed by atoms with E-state index in [2.05, 4.69) is 5.32 Å². The molecule has 0 aliphatic heterocycles. The third-order valence-electron chi connectivity index (χ3n) is 4.47. The number of amides is 2. The summed E-state index contributed by atoms with van der Waals surface area (Å²) in [5.41, 5.74) is 7.60. The van der Waals surface area contributed by atoms with Crippen molar-refractivity contribution < 1.29 is 27.0 Å². The zero-order chi connectivity index (χ0) is 22.6. The number of carbonyl (C=O) groups is 2. The molecule has 2 atom stereocenters. The van der Waals surface area contributed by atoms with Crippen molar-refractivity contribution in [1.29, 1.82) is 0 Å². The van der Waals surface area contributed by atoms with Crippen molar-refractivity contribution in [3.8, 4) is 0 Å². The number of alkyl halides is 3. The number of aryl methyl sites for hydroxylation is 1. The second kappa shape index (κ2) is 13.4. The largest absolute Gasteiger partial charge is 0.389 e. The van der Waals surface area contributed by atoms with Crippen LogP contribution >= 0.6 is 0 Å². The Balaban J connectivity index is 2.84. The monoisotopic (exact) mass is 449 g/mol. The maximum atomic E-state index is 13.0. The van der Waals surface area contributed by atoms with Crippen LogP contribution < -0.4 is 11.1 Å². The Bertz CT molecular complexity index is 701. The number of carbonyl (C=O) groups excluding carboxylic acids is 2. The number of nitrogens with zero attached hydrogens (tertiary/aromatic N) is 1. The van der Waals surface area contributed by atoms with Gasteiger partial charge in [0.05, 0.1) is 5.75 Å². The van der Waals surface area contributed by atoms with E-state index in [0.717, 1.165) is 17.5 Å². The van der Waals surface area contributed by atoms with Gasteiger partial charge in [0, 0.05) is 36.1 Å². The Labute approximate surface area is 177 Å². The van der Waals surface area contributed by atoms with E-state index in [-0.39, 0.29) is 17.9 Å². The van der Waals surface area contributed by atoms with Crippen LogP contribution in [0.5, 0.6) is 0 Å². The third-order valence-corrected chi connectivity index (χ3v) is 5.92. The van der Waals surface area contributed by atoms with Crippen LogP contribution in [0.1, 0.15) is 37.3 Å². The molecule has 0 radical (unpaired) electrons. The van der Waals surface area contributed by atoms with Gasteiger partial charge in [0.15, 0.2) is 0 Å². The first-order valence-corrected chi connectivity index (χ1v) is 11.4. The van der Waals surface area contributed by atoms with Gasteiger partial charge >= 0.3 is 6.18 Å². The first-order valence-electron chi connectivity index (χ1n) is 9.88. The fraction of sp³-hybridized carbons (Fsp3) is 0.600. The highest BCUT2D eigenvalue weighted by Gasteiger charge is 2.28. The van der Waals surface area contributed by atoms with Crippen molar-refractivity contribution in [2.45, 2.75) is 51.4 Å². The van der Waals surface area contributed by atoms with E-state index in [1.165, 1.54) is 4.90 Å². The Kier molecular flexibility index (Phi) is 11.6. The molecule has 0 fully saturated rings. The summed E-state index contributed by atoms with van der Waals surface area (Å²) in [6.07, 6.45) is -3.91. The highest BCUT2D eigenvalue weighted by molar-refractivity contribution is 7.85. The van der Waals surface area contributed by atoms with E-state index in [1.54, 1.807) is 0 Å². The molecule has 1 aromatic carbocycles. The molecule has 30 heavy (non-hydrogen) atoms. The minimum absolute atomic E-state index is 0.189. The number of hydrogen-bond acceptors (Lipinski definition) is 4. The molecule has 0 saturated heterocycles. The lowest BCUT2D eigenvalue weighted by Gasteiger charge is -2.27. The van der Waals surface area contributed by atoms with Gasteiger partial charge in [0.1, 0.15) is 6.04 Å². The average molecular weight is 450 g/mol. The minimum Gasteiger partial charge on any atom is -0.346 e. The van der Waals surface area contributed by atoms with E-state index >= 15 is 0 Å². The summed E-state index contributed by atoms with van der Waals surface area (Å²) in [5.74, 6) is -0.851. The highest BCUT2D eigenvalue weighted by Crippen LogP contribution is 2.21. The van der Waals surface area contributed by atoms with Crippen LogP contribution in [0.2, 0.25) is 0 Å². The number of halogens is 3. The summed E-state index contributed by atoms with van der Waals surface area (Å²) in [5, 5.41) is 2.37. The molecule has 170 valence electrons. The van der Waals surface area contributed by atoms with Crippen molar-refractivity contribution in [3.05, 3.63) is 35.4 Å². The van der Waals surface area contributed by atoms with Crippen LogP contribution in [0.4, 0.5) is 13.2 Å². The molecule has 0 spiro atoms. The standard InChI is InChI=1S/C20H30F3N3O3S/c1-2-16-6-3-7-17(12-16)13-26(10-5-9-24)19(28)18(25-15-27)14-30(29)11-4-8-20(21,22)23/h3,6-7,12,15,18H,2,4-5,8-11,13-14,24H2,1H3,(H,25,27). The predicted molar refractivity (Wildman–Crippen MR) is 111 cm³/mol. The number of benzene rings is 1. The van der Waals surface area contributed by atoms with Crippen LogP contribution in [0, 0.1) is 0 Å². The molecule has 0 aliphatic carbocycles. The van der Waals surface area contributed by atoms with E-state index in [0.29, 0.717) is 32.5 Å². The predicted octanol–water partition coefficient (Wildman–Crippen LogP) is 2.13. The minimum atomic E-state index is -4.31. The molecular weight excluding hydrogens is 419 g/mol. The van der Waals surface area contributed by atoms with Gasteiger partial charge in [-0.05, 0) is 36.9 Å². The van der Waals surface area contributed by atoms with E-state index in [4.69, 9.17) is 5.73 Å².